The van der Waals surface area contributed by atoms with E-state index in [9.17, 15) is 4.39 Å². The minimum absolute atomic E-state index is 0.309. The van der Waals surface area contributed by atoms with E-state index in [2.05, 4.69) is 10.6 Å². The number of rotatable bonds is 5. The van der Waals surface area contributed by atoms with Crippen molar-refractivity contribution in [1.82, 2.24) is 5.32 Å². The molecule has 0 atom stereocenters. The normalized spacial score (nSPS) is 10.1. The summed E-state index contributed by atoms with van der Waals surface area (Å²) in [5.74, 6) is -0.309. The van der Waals surface area contributed by atoms with Crippen molar-refractivity contribution in [2.45, 2.75) is 13.3 Å². The second-order valence-corrected chi connectivity index (χ2v) is 4.12. The second-order valence-electron chi connectivity index (χ2n) is 3.71. The molecule has 0 amide bonds. The van der Waals surface area contributed by atoms with Gasteiger partial charge in [-0.05, 0) is 43.3 Å². The zero-order valence-corrected chi connectivity index (χ0v) is 10.9. The van der Waals surface area contributed by atoms with Crippen LogP contribution in [0.4, 0.5) is 10.1 Å². The molecule has 1 aromatic carbocycles. The van der Waals surface area contributed by atoms with E-state index < -0.39 is 0 Å². The maximum absolute atomic E-state index is 13.4. The number of thiocarbonyl (C=S) groups is 1. The lowest BCUT2D eigenvalue weighted by atomic mass is 10.2. The first-order valence-electron chi connectivity index (χ1n) is 5.43. The number of hydrogen-bond donors (Lipinski definition) is 2. The van der Waals surface area contributed by atoms with Gasteiger partial charge in [-0.3, -0.25) is 0 Å². The highest BCUT2D eigenvalue weighted by molar-refractivity contribution is 7.80. The van der Waals surface area contributed by atoms with E-state index in [1.807, 2.05) is 6.92 Å². The number of hydrogen-bond acceptors (Lipinski definition) is 2. The van der Waals surface area contributed by atoms with Crippen LogP contribution in [0, 0.1) is 12.7 Å². The van der Waals surface area contributed by atoms with E-state index in [0.717, 1.165) is 12.0 Å². The van der Waals surface area contributed by atoms with Crippen molar-refractivity contribution in [2.75, 3.05) is 25.6 Å². The first kappa shape index (κ1) is 13.9. The highest BCUT2D eigenvalue weighted by atomic mass is 32.1. The zero-order chi connectivity index (χ0) is 12.7. The number of anilines is 1. The molecule has 0 saturated carbocycles. The molecule has 0 aliphatic carbocycles. The number of benzene rings is 1. The lowest BCUT2D eigenvalue weighted by Crippen LogP contribution is -2.30. The predicted molar refractivity (Wildman–Crippen MR) is 71.9 cm³/mol. The Labute approximate surface area is 106 Å². The molecule has 0 aromatic heterocycles. The summed E-state index contributed by atoms with van der Waals surface area (Å²) in [6.07, 6.45) is 0.856. The van der Waals surface area contributed by atoms with Crippen molar-refractivity contribution in [2.24, 2.45) is 0 Å². The molecule has 0 heterocycles. The Bertz CT molecular complexity index is 385. The van der Waals surface area contributed by atoms with E-state index in [4.69, 9.17) is 17.0 Å². The molecule has 1 rings (SSSR count). The van der Waals surface area contributed by atoms with E-state index in [1.165, 1.54) is 6.07 Å². The van der Waals surface area contributed by atoms with Crippen LogP contribution in [0.15, 0.2) is 18.2 Å². The predicted octanol–water partition coefficient (Wildman–Crippen LogP) is 2.46. The molecular weight excluding hydrogens is 239 g/mol. The fourth-order valence-electron chi connectivity index (χ4n) is 1.32. The van der Waals surface area contributed by atoms with Gasteiger partial charge in [-0.2, -0.15) is 0 Å². The van der Waals surface area contributed by atoms with Gasteiger partial charge in [0.2, 0.25) is 0 Å². The number of aryl methyl sites for hydroxylation is 1. The Morgan fingerprint density at radius 1 is 1.47 bits per heavy atom. The van der Waals surface area contributed by atoms with Crippen LogP contribution in [0.2, 0.25) is 0 Å². The minimum Gasteiger partial charge on any atom is -0.385 e. The van der Waals surface area contributed by atoms with Crippen molar-refractivity contribution in [3.8, 4) is 0 Å². The fourth-order valence-corrected chi connectivity index (χ4v) is 1.53. The van der Waals surface area contributed by atoms with Crippen molar-refractivity contribution in [3.05, 3.63) is 29.6 Å². The zero-order valence-electron chi connectivity index (χ0n) is 10.0. The van der Waals surface area contributed by atoms with E-state index in [-0.39, 0.29) is 5.82 Å². The molecule has 0 fully saturated rings. The Morgan fingerprint density at radius 2 is 2.24 bits per heavy atom. The van der Waals surface area contributed by atoms with E-state index in [0.29, 0.717) is 24.0 Å². The summed E-state index contributed by atoms with van der Waals surface area (Å²) < 4.78 is 18.3. The molecule has 0 bridgehead atoms. The molecule has 0 saturated heterocycles. The highest BCUT2D eigenvalue weighted by Crippen LogP contribution is 2.15. The maximum atomic E-state index is 13.4. The largest absolute Gasteiger partial charge is 0.385 e. The summed E-state index contributed by atoms with van der Waals surface area (Å²) in [4.78, 5) is 0. The third-order valence-corrected chi connectivity index (χ3v) is 2.43. The SMILES string of the molecule is COCCCNC(=S)Nc1cc(C)ccc1F. The first-order valence-corrected chi connectivity index (χ1v) is 5.84. The lowest BCUT2D eigenvalue weighted by molar-refractivity contribution is 0.196. The summed E-state index contributed by atoms with van der Waals surface area (Å²) in [6.45, 7) is 3.28. The molecule has 0 aliphatic rings. The monoisotopic (exact) mass is 256 g/mol. The van der Waals surface area contributed by atoms with Crippen LogP contribution in [-0.4, -0.2) is 25.4 Å². The third-order valence-electron chi connectivity index (χ3n) is 2.18. The van der Waals surface area contributed by atoms with Gasteiger partial charge in [0.15, 0.2) is 5.11 Å². The van der Waals surface area contributed by atoms with Crippen LogP contribution >= 0.6 is 12.2 Å². The molecule has 94 valence electrons. The summed E-state index contributed by atoms with van der Waals surface area (Å²) in [5.41, 5.74) is 1.38. The Hall–Kier alpha value is -1.20. The average Bonchev–Trinajstić information content (AvgIpc) is 2.29. The molecule has 1 aromatic rings. The molecule has 0 unspecified atom stereocenters. The van der Waals surface area contributed by atoms with Gasteiger partial charge in [0.1, 0.15) is 5.82 Å². The van der Waals surface area contributed by atoms with Gasteiger partial charge >= 0.3 is 0 Å². The first-order chi connectivity index (χ1) is 8.13. The number of nitrogens with one attached hydrogen (secondary N) is 2. The molecule has 2 N–H and O–H groups in total. The Balaban J connectivity index is 2.42. The minimum atomic E-state index is -0.309. The summed E-state index contributed by atoms with van der Waals surface area (Å²) in [6, 6.07) is 4.86. The molecule has 0 spiro atoms. The van der Waals surface area contributed by atoms with Crippen LogP contribution in [-0.2, 0) is 4.74 Å². The van der Waals surface area contributed by atoms with Gasteiger partial charge in [-0.1, -0.05) is 6.07 Å². The number of methoxy groups -OCH3 is 1. The van der Waals surface area contributed by atoms with Crippen molar-refractivity contribution in [1.29, 1.82) is 0 Å². The Kier molecular flexibility index (Phi) is 5.86. The molecule has 3 nitrogen and oxygen atoms in total. The van der Waals surface area contributed by atoms with Crippen LogP contribution in [0.25, 0.3) is 0 Å². The topological polar surface area (TPSA) is 33.3 Å². The third kappa shape index (κ3) is 5.10. The standard InChI is InChI=1S/C12H17FN2OS/c1-9-4-5-10(13)11(8-9)15-12(17)14-6-3-7-16-2/h4-5,8H,3,6-7H2,1-2H3,(H2,14,15,17). The van der Waals surface area contributed by atoms with Crippen molar-refractivity contribution in [3.63, 3.8) is 0 Å². The molecule has 5 heteroatoms. The maximum Gasteiger partial charge on any atom is 0.170 e. The molecule has 0 aliphatic heterocycles. The Morgan fingerprint density at radius 3 is 2.94 bits per heavy atom. The van der Waals surface area contributed by atoms with Crippen LogP contribution < -0.4 is 10.6 Å². The average molecular weight is 256 g/mol. The van der Waals surface area contributed by atoms with Gasteiger partial charge in [-0.25, -0.2) is 4.39 Å². The number of halogens is 1. The molecule has 17 heavy (non-hydrogen) atoms. The van der Waals surface area contributed by atoms with Crippen LogP contribution in [0.1, 0.15) is 12.0 Å². The van der Waals surface area contributed by atoms with E-state index in [1.54, 1.807) is 19.2 Å². The smallest absolute Gasteiger partial charge is 0.170 e. The summed E-state index contributed by atoms with van der Waals surface area (Å²) >= 11 is 5.06. The van der Waals surface area contributed by atoms with Gasteiger partial charge < -0.3 is 15.4 Å². The fraction of sp³-hybridized carbons (Fsp3) is 0.417. The molecule has 0 radical (unpaired) electrons. The quantitative estimate of drug-likeness (QED) is 0.626. The highest BCUT2D eigenvalue weighted by Gasteiger charge is 2.03. The summed E-state index contributed by atoms with van der Waals surface area (Å²) in [7, 11) is 1.65. The van der Waals surface area contributed by atoms with Gasteiger partial charge in [0, 0.05) is 20.3 Å². The van der Waals surface area contributed by atoms with E-state index >= 15 is 0 Å². The van der Waals surface area contributed by atoms with Crippen molar-refractivity contribution < 1.29 is 9.13 Å². The van der Waals surface area contributed by atoms with Crippen LogP contribution in [0.5, 0.6) is 0 Å². The number of ether oxygens (including phenoxy) is 1. The lowest BCUT2D eigenvalue weighted by Gasteiger charge is -2.11. The van der Waals surface area contributed by atoms with Gasteiger partial charge in [0.25, 0.3) is 0 Å². The van der Waals surface area contributed by atoms with Crippen molar-refractivity contribution >= 4 is 23.0 Å². The second kappa shape index (κ2) is 7.19. The summed E-state index contributed by atoms with van der Waals surface area (Å²) in [5, 5.41) is 6.24. The van der Waals surface area contributed by atoms with Gasteiger partial charge in [0.05, 0.1) is 5.69 Å². The van der Waals surface area contributed by atoms with Gasteiger partial charge in [-0.15, -0.1) is 0 Å². The van der Waals surface area contributed by atoms with Crippen LogP contribution in [0.3, 0.4) is 0 Å². The molecular formula is C12H17FN2OS.